The van der Waals surface area contributed by atoms with Gasteiger partial charge in [-0.25, -0.2) is 8.42 Å². The number of aryl methyl sites for hydroxylation is 3. The van der Waals surface area contributed by atoms with Crippen molar-refractivity contribution in [3.05, 3.63) is 94.0 Å². The van der Waals surface area contributed by atoms with Gasteiger partial charge in [0.25, 0.3) is 10.0 Å². The van der Waals surface area contributed by atoms with Crippen LogP contribution in [0.25, 0.3) is 0 Å². The Bertz CT molecular complexity index is 1230. The summed E-state index contributed by atoms with van der Waals surface area (Å²) < 4.78 is 28.0. The summed E-state index contributed by atoms with van der Waals surface area (Å²) in [7, 11) is -3.97. The maximum absolute atomic E-state index is 13.5. The number of rotatable bonds is 7. The number of hydrogen-bond acceptors (Lipinski definition) is 3. The molecule has 0 aliphatic heterocycles. The van der Waals surface area contributed by atoms with Crippen molar-refractivity contribution in [3.63, 3.8) is 0 Å². The maximum Gasteiger partial charge on any atom is 0.264 e. The van der Waals surface area contributed by atoms with Gasteiger partial charge < -0.3 is 5.32 Å². The van der Waals surface area contributed by atoms with Crippen molar-refractivity contribution in [3.8, 4) is 0 Å². The van der Waals surface area contributed by atoms with Crippen LogP contribution >= 0.6 is 11.6 Å². The molecule has 0 aliphatic rings. The van der Waals surface area contributed by atoms with Crippen LogP contribution in [0.3, 0.4) is 0 Å². The molecule has 7 heteroatoms. The summed E-state index contributed by atoms with van der Waals surface area (Å²) in [6, 6.07) is 18.7. The largest absolute Gasteiger partial charge is 0.348 e. The summed E-state index contributed by atoms with van der Waals surface area (Å²) in [5.74, 6) is -0.399. The molecule has 0 heterocycles. The second-order valence-corrected chi connectivity index (χ2v) is 10.2. The normalized spacial score (nSPS) is 12.3. The zero-order valence-corrected chi connectivity index (χ0v) is 20.2. The van der Waals surface area contributed by atoms with Crippen molar-refractivity contribution in [2.24, 2.45) is 0 Å². The fraction of sp³-hybridized carbons (Fsp3) is 0.240. The predicted octanol–water partition coefficient (Wildman–Crippen LogP) is 5.34. The van der Waals surface area contributed by atoms with E-state index >= 15 is 0 Å². The Morgan fingerprint density at radius 1 is 0.938 bits per heavy atom. The number of benzene rings is 3. The van der Waals surface area contributed by atoms with Crippen LogP contribution in [0.1, 0.15) is 35.2 Å². The first-order valence-electron chi connectivity index (χ1n) is 10.3. The number of anilines is 1. The number of carbonyl (C=O) groups excluding carboxylic acids is 1. The number of hydrogen-bond donors (Lipinski definition) is 1. The molecule has 3 aromatic rings. The lowest BCUT2D eigenvalue weighted by Gasteiger charge is -2.26. The van der Waals surface area contributed by atoms with Crippen LogP contribution in [0.5, 0.6) is 0 Å². The summed E-state index contributed by atoms with van der Waals surface area (Å²) >= 11 is 6.07. The Hall–Kier alpha value is -2.83. The van der Waals surface area contributed by atoms with Crippen LogP contribution in [0, 0.1) is 20.8 Å². The quantitative estimate of drug-likeness (QED) is 0.507. The molecule has 0 fully saturated rings. The van der Waals surface area contributed by atoms with E-state index in [9.17, 15) is 13.2 Å². The van der Waals surface area contributed by atoms with Crippen molar-refractivity contribution in [2.45, 2.75) is 38.6 Å². The fourth-order valence-corrected chi connectivity index (χ4v) is 5.19. The van der Waals surface area contributed by atoms with Crippen molar-refractivity contribution >= 4 is 33.2 Å². The van der Waals surface area contributed by atoms with Crippen LogP contribution in [-0.4, -0.2) is 20.9 Å². The van der Waals surface area contributed by atoms with Gasteiger partial charge in [-0.05, 0) is 80.3 Å². The molecule has 0 spiro atoms. The van der Waals surface area contributed by atoms with E-state index in [4.69, 9.17) is 11.6 Å². The zero-order valence-electron chi connectivity index (χ0n) is 18.6. The van der Waals surface area contributed by atoms with Gasteiger partial charge in [-0.1, -0.05) is 48.0 Å². The van der Waals surface area contributed by atoms with Gasteiger partial charge in [0, 0.05) is 5.02 Å². The Labute approximate surface area is 195 Å². The molecule has 0 radical (unpaired) electrons. The Balaban J connectivity index is 1.91. The molecule has 32 heavy (non-hydrogen) atoms. The van der Waals surface area contributed by atoms with Crippen LogP contribution < -0.4 is 9.62 Å². The summed E-state index contributed by atoms with van der Waals surface area (Å²) in [5.41, 5.74) is 4.33. The molecule has 0 saturated carbocycles. The Morgan fingerprint density at radius 2 is 1.62 bits per heavy atom. The lowest BCUT2D eigenvalue weighted by atomic mass is 10.0. The summed E-state index contributed by atoms with van der Waals surface area (Å²) in [6.45, 7) is 7.35. The molecule has 5 nitrogen and oxygen atoms in total. The minimum Gasteiger partial charge on any atom is -0.348 e. The fourth-order valence-electron chi connectivity index (χ4n) is 3.45. The van der Waals surface area contributed by atoms with Crippen LogP contribution in [0.4, 0.5) is 5.69 Å². The van der Waals surface area contributed by atoms with Crippen LogP contribution in [-0.2, 0) is 14.8 Å². The molecule has 1 N–H and O–H groups in total. The first-order valence-corrected chi connectivity index (χ1v) is 12.1. The average Bonchev–Trinajstić information content (AvgIpc) is 2.75. The molecule has 1 amide bonds. The molecule has 1 unspecified atom stereocenters. The van der Waals surface area contributed by atoms with Crippen molar-refractivity contribution in [1.82, 2.24) is 5.32 Å². The molecule has 168 valence electrons. The van der Waals surface area contributed by atoms with Crippen molar-refractivity contribution in [1.29, 1.82) is 0 Å². The topological polar surface area (TPSA) is 66.5 Å². The van der Waals surface area contributed by atoms with E-state index in [0.717, 1.165) is 15.4 Å². The second-order valence-electron chi connectivity index (χ2n) is 7.89. The molecule has 0 bridgehead atoms. The smallest absolute Gasteiger partial charge is 0.264 e. The van der Waals surface area contributed by atoms with Gasteiger partial charge in [0.2, 0.25) is 5.91 Å². The van der Waals surface area contributed by atoms with Gasteiger partial charge in [-0.2, -0.15) is 0 Å². The van der Waals surface area contributed by atoms with Crippen molar-refractivity contribution < 1.29 is 13.2 Å². The minimum absolute atomic E-state index is 0.115. The molecule has 0 aromatic heterocycles. The second kappa shape index (κ2) is 9.76. The summed E-state index contributed by atoms with van der Waals surface area (Å²) in [6.07, 6.45) is 0. The number of nitrogens with one attached hydrogen (secondary N) is 1. The van der Waals surface area contributed by atoms with E-state index in [1.54, 1.807) is 43.3 Å². The maximum atomic E-state index is 13.5. The van der Waals surface area contributed by atoms with E-state index in [0.29, 0.717) is 16.3 Å². The standard InChI is InChI=1S/C25H27ClN2O3S/c1-17-10-11-21(14-18(17)2)20(4)27-25(29)16-28(24-13-12-22(26)15-19(24)3)32(30,31)23-8-6-5-7-9-23/h5-15,20H,16H2,1-4H3,(H,27,29). The zero-order chi connectivity index (χ0) is 23.5. The first kappa shape index (κ1) is 23.8. The van der Waals surface area contributed by atoms with Gasteiger partial charge in [0.1, 0.15) is 6.54 Å². The summed E-state index contributed by atoms with van der Waals surface area (Å²) in [5, 5.41) is 3.42. The number of sulfonamides is 1. The van der Waals surface area contributed by atoms with Crippen LogP contribution in [0.15, 0.2) is 71.6 Å². The molecule has 3 aromatic carbocycles. The van der Waals surface area contributed by atoms with Gasteiger partial charge >= 0.3 is 0 Å². The van der Waals surface area contributed by atoms with E-state index < -0.39 is 15.9 Å². The van der Waals surface area contributed by atoms with Gasteiger partial charge in [0.15, 0.2) is 0 Å². The van der Waals surface area contributed by atoms with Gasteiger partial charge in [-0.3, -0.25) is 9.10 Å². The highest BCUT2D eigenvalue weighted by molar-refractivity contribution is 7.92. The number of halogens is 1. The molecule has 0 saturated heterocycles. The SMILES string of the molecule is Cc1ccc(C(C)NC(=O)CN(c2ccc(Cl)cc2C)S(=O)(=O)c2ccccc2)cc1C. The average molecular weight is 471 g/mol. The van der Waals surface area contributed by atoms with E-state index in [2.05, 4.69) is 5.32 Å². The van der Waals surface area contributed by atoms with Gasteiger partial charge in [-0.15, -0.1) is 0 Å². The lowest BCUT2D eigenvalue weighted by Crippen LogP contribution is -2.41. The molecular formula is C25H27ClN2O3S. The number of nitrogens with zero attached hydrogens (tertiary/aromatic N) is 1. The van der Waals surface area contributed by atoms with Gasteiger partial charge in [0.05, 0.1) is 16.6 Å². The minimum atomic E-state index is -3.97. The molecular weight excluding hydrogens is 444 g/mol. The lowest BCUT2D eigenvalue weighted by molar-refractivity contribution is -0.120. The Kier molecular flexibility index (Phi) is 7.26. The monoisotopic (exact) mass is 470 g/mol. The Morgan fingerprint density at radius 3 is 2.25 bits per heavy atom. The van der Waals surface area contributed by atoms with E-state index in [1.165, 1.54) is 17.7 Å². The highest BCUT2D eigenvalue weighted by Crippen LogP contribution is 2.29. The first-order chi connectivity index (χ1) is 15.1. The van der Waals surface area contributed by atoms with Crippen molar-refractivity contribution in [2.75, 3.05) is 10.8 Å². The van der Waals surface area contributed by atoms with E-state index in [-0.39, 0.29) is 17.5 Å². The predicted molar refractivity (Wildman–Crippen MR) is 130 cm³/mol. The highest BCUT2D eigenvalue weighted by atomic mass is 35.5. The third-order valence-electron chi connectivity index (χ3n) is 5.45. The molecule has 1 atom stereocenters. The number of carbonyl (C=O) groups is 1. The van der Waals surface area contributed by atoms with Crippen LogP contribution in [0.2, 0.25) is 5.02 Å². The number of amides is 1. The molecule has 3 rings (SSSR count). The molecule has 0 aliphatic carbocycles. The highest BCUT2D eigenvalue weighted by Gasteiger charge is 2.28. The summed E-state index contributed by atoms with van der Waals surface area (Å²) in [4.78, 5) is 13.1. The van der Waals surface area contributed by atoms with E-state index in [1.807, 2.05) is 39.0 Å². The third kappa shape index (κ3) is 5.31. The third-order valence-corrected chi connectivity index (χ3v) is 7.46.